The van der Waals surface area contributed by atoms with Crippen LogP contribution in [0.4, 0.5) is 0 Å². The van der Waals surface area contributed by atoms with E-state index in [-0.39, 0.29) is 18.1 Å². The van der Waals surface area contributed by atoms with E-state index in [1.807, 2.05) is 0 Å². The van der Waals surface area contributed by atoms with Crippen molar-refractivity contribution in [2.75, 3.05) is 0 Å². The lowest BCUT2D eigenvalue weighted by molar-refractivity contribution is 0.0829. The Labute approximate surface area is 121 Å². The molecule has 3 rings (SSSR count). The van der Waals surface area contributed by atoms with Gasteiger partial charge in [-0.05, 0) is 54.7 Å². The van der Waals surface area contributed by atoms with Crippen LogP contribution in [-0.4, -0.2) is 22.4 Å². The maximum atomic E-state index is 10.8. The van der Waals surface area contributed by atoms with Crippen molar-refractivity contribution in [1.29, 1.82) is 0 Å². The predicted octanol–water partition coefficient (Wildman–Crippen LogP) is 3.18. The molecular formula is C18H26O2. The zero-order valence-electron chi connectivity index (χ0n) is 12.5. The molecule has 2 heteroatoms. The SMILES string of the molecule is CCc1cccc(C)c1C1C(O)[C@@H]2CCCC[C@@H]2[C@@H]1O. The third-order valence-corrected chi connectivity index (χ3v) is 5.62. The molecule has 0 aliphatic heterocycles. The van der Waals surface area contributed by atoms with Crippen molar-refractivity contribution in [3.8, 4) is 0 Å². The molecule has 2 N–H and O–H groups in total. The molecule has 1 aromatic rings. The van der Waals surface area contributed by atoms with Crippen molar-refractivity contribution < 1.29 is 10.2 Å². The molecule has 2 unspecified atom stereocenters. The van der Waals surface area contributed by atoms with E-state index < -0.39 is 0 Å². The Hall–Kier alpha value is -0.860. The predicted molar refractivity (Wildman–Crippen MR) is 80.8 cm³/mol. The highest BCUT2D eigenvalue weighted by Crippen LogP contribution is 2.50. The van der Waals surface area contributed by atoms with Crippen molar-refractivity contribution >= 4 is 0 Å². The first kappa shape index (κ1) is 14.1. The van der Waals surface area contributed by atoms with Crippen molar-refractivity contribution in [2.45, 2.75) is 64.1 Å². The van der Waals surface area contributed by atoms with Crippen molar-refractivity contribution in [3.63, 3.8) is 0 Å². The molecule has 2 aliphatic carbocycles. The first-order chi connectivity index (χ1) is 9.65. The lowest BCUT2D eigenvalue weighted by atomic mass is 9.80. The molecular weight excluding hydrogens is 248 g/mol. The zero-order valence-corrected chi connectivity index (χ0v) is 12.5. The highest BCUT2D eigenvalue weighted by Gasteiger charge is 2.50. The standard InChI is InChI=1S/C18H26O2/c1-3-12-8-6-7-11(2)15(12)16-17(19)13-9-4-5-10-14(13)18(16)20/h6-8,13-14,16-20H,3-5,9-10H2,1-2H3/t13-,14+,16?,17-,18?/m0/s1. The van der Waals surface area contributed by atoms with Crippen molar-refractivity contribution in [1.82, 2.24) is 0 Å². The number of benzene rings is 1. The van der Waals surface area contributed by atoms with Crippen LogP contribution in [0.25, 0.3) is 0 Å². The Balaban J connectivity index is 2.01. The second-order valence-electron chi connectivity index (χ2n) is 6.62. The van der Waals surface area contributed by atoms with E-state index in [4.69, 9.17) is 0 Å². The summed E-state index contributed by atoms with van der Waals surface area (Å²) in [5.74, 6) is 0.514. The number of fused-ring (bicyclic) bond motifs is 1. The molecule has 0 bridgehead atoms. The maximum absolute atomic E-state index is 10.8. The van der Waals surface area contributed by atoms with Crippen LogP contribution in [0.3, 0.4) is 0 Å². The average molecular weight is 274 g/mol. The van der Waals surface area contributed by atoms with E-state index in [2.05, 4.69) is 32.0 Å². The molecule has 0 aromatic heterocycles. The molecule has 0 saturated heterocycles. The van der Waals surface area contributed by atoms with Gasteiger partial charge < -0.3 is 10.2 Å². The summed E-state index contributed by atoms with van der Waals surface area (Å²) in [6, 6.07) is 6.33. The molecule has 110 valence electrons. The van der Waals surface area contributed by atoms with E-state index in [9.17, 15) is 10.2 Å². The Morgan fingerprint density at radius 2 is 1.65 bits per heavy atom. The lowest BCUT2D eigenvalue weighted by Gasteiger charge is -2.27. The van der Waals surface area contributed by atoms with E-state index in [0.29, 0.717) is 11.8 Å². The van der Waals surface area contributed by atoms with Gasteiger partial charge >= 0.3 is 0 Å². The monoisotopic (exact) mass is 274 g/mol. The van der Waals surface area contributed by atoms with Gasteiger partial charge in [0.1, 0.15) is 0 Å². The fourth-order valence-electron chi connectivity index (χ4n) is 4.64. The van der Waals surface area contributed by atoms with E-state index >= 15 is 0 Å². The van der Waals surface area contributed by atoms with Gasteiger partial charge in [-0.15, -0.1) is 0 Å². The second-order valence-corrected chi connectivity index (χ2v) is 6.62. The molecule has 2 saturated carbocycles. The minimum Gasteiger partial charge on any atom is -0.392 e. The lowest BCUT2D eigenvalue weighted by Crippen LogP contribution is -2.25. The van der Waals surface area contributed by atoms with Crippen LogP contribution in [0.15, 0.2) is 18.2 Å². The molecule has 2 aliphatic rings. The number of aliphatic hydroxyl groups excluding tert-OH is 2. The topological polar surface area (TPSA) is 40.5 Å². The molecule has 0 radical (unpaired) electrons. The van der Waals surface area contributed by atoms with Crippen LogP contribution < -0.4 is 0 Å². The van der Waals surface area contributed by atoms with Crippen LogP contribution in [0.2, 0.25) is 0 Å². The first-order valence-corrected chi connectivity index (χ1v) is 8.09. The van der Waals surface area contributed by atoms with E-state index in [1.54, 1.807) is 0 Å². The fraction of sp³-hybridized carbons (Fsp3) is 0.667. The molecule has 0 heterocycles. The van der Waals surface area contributed by atoms with Gasteiger partial charge in [0.25, 0.3) is 0 Å². The summed E-state index contributed by atoms with van der Waals surface area (Å²) < 4.78 is 0. The summed E-state index contributed by atoms with van der Waals surface area (Å²) in [5.41, 5.74) is 3.71. The number of hydrogen-bond acceptors (Lipinski definition) is 2. The minimum atomic E-state index is -0.373. The average Bonchev–Trinajstić information content (AvgIpc) is 2.72. The van der Waals surface area contributed by atoms with Crippen LogP contribution in [0.1, 0.15) is 55.2 Å². The summed E-state index contributed by atoms with van der Waals surface area (Å²) in [4.78, 5) is 0. The first-order valence-electron chi connectivity index (χ1n) is 8.09. The Morgan fingerprint density at radius 3 is 2.20 bits per heavy atom. The van der Waals surface area contributed by atoms with Gasteiger partial charge in [-0.3, -0.25) is 0 Å². The maximum Gasteiger partial charge on any atom is 0.0665 e. The quantitative estimate of drug-likeness (QED) is 0.869. The van der Waals surface area contributed by atoms with Gasteiger partial charge in [0.05, 0.1) is 12.2 Å². The summed E-state index contributed by atoms with van der Waals surface area (Å²) in [5, 5.41) is 21.6. The Kier molecular flexibility index (Phi) is 3.87. The Morgan fingerprint density at radius 1 is 1.05 bits per heavy atom. The van der Waals surface area contributed by atoms with Gasteiger partial charge in [-0.1, -0.05) is 38.0 Å². The van der Waals surface area contributed by atoms with Crippen LogP contribution in [-0.2, 0) is 6.42 Å². The summed E-state index contributed by atoms with van der Waals surface area (Å²) in [7, 11) is 0. The molecule has 2 fully saturated rings. The van der Waals surface area contributed by atoms with Crippen molar-refractivity contribution in [2.24, 2.45) is 11.8 Å². The Bertz CT molecular complexity index is 464. The van der Waals surface area contributed by atoms with Crippen molar-refractivity contribution in [3.05, 3.63) is 34.9 Å². The highest BCUT2D eigenvalue weighted by atomic mass is 16.3. The highest BCUT2D eigenvalue weighted by molar-refractivity contribution is 5.40. The number of aryl methyl sites for hydroxylation is 2. The molecule has 1 aromatic carbocycles. The molecule has 0 amide bonds. The molecule has 20 heavy (non-hydrogen) atoms. The number of rotatable bonds is 2. The molecule has 2 nitrogen and oxygen atoms in total. The zero-order chi connectivity index (χ0) is 14.3. The molecule has 5 atom stereocenters. The number of aliphatic hydroxyl groups is 2. The van der Waals surface area contributed by atoms with Gasteiger partial charge in [0, 0.05) is 5.92 Å². The van der Waals surface area contributed by atoms with E-state index in [1.165, 1.54) is 29.5 Å². The van der Waals surface area contributed by atoms with Crippen LogP contribution in [0, 0.1) is 18.8 Å². The summed E-state index contributed by atoms with van der Waals surface area (Å²) in [6.45, 7) is 4.26. The van der Waals surface area contributed by atoms with Crippen LogP contribution in [0.5, 0.6) is 0 Å². The van der Waals surface area contributed by atoms with Crippen LogP contribution >= 0.6 is 0 Å². The smallest absolute Gasteiger partial charge is 0.0665 e. The molecule has 0 spiro atoms. The fourth-order valence-corrected chi connectivity index (χ4v) is 4.64. The summed E-state index contributed by atoms with van der Waals surface area (Å²) in [6.07, 6.45) is 4.77. The third-order valence-electron chi connectivity index (χ3n) is 5.62. The summed E-state index contributed by atoms with van der Waals surface area (Å²) >= 11 is 0. The van der Waals surface area contributed by atoms with Gasteiger partial charge in [-0.25, -0.2) is 0 Å². The van der Waals surface area contributed by atoms with E-state index in [0.717, 1.165) is 19.3 Å². The number of hydrogen-bond donors (Lipinski definition) is 2. The minimum absolute atomic E-state index is 0.0840. The van der Waals surface area contributed by atoms with Gasteiger partial charge in [0.15, 0.2) is 0 Å². The largest absolute Gasteiger partial charge is 0.392 e. The van der Waals surface area contributed by atoms with Gasteiger partial charge in [-0.2, -0.15) is 0 Å². The van der Waals surface area contributed by atoms with Gasteiger partial charge in [0.2, 0.25) is 0 Å². The second kappa shape index (κ2) is 5.50. The normalized spacial score (nSPS) is 36.9. The third kappa shape index (κ3) is 2.10.